The van der Waals surface area contributed by atoms with Gasteiger partial charge in [0, 0.05) is 10.0 Å². The minimum Gasteiger partial charge on any atom is -0.464 e. The van der Waals surface area contributed by atoms with E-state index in [-0.39, 0.29) is 17.9 Å². The second-order valence-corrected chi connectivity index (χ2v) is 7.00. The summed E-state index contributed by atoms with van der Waals surface area (Å²) >= 11 is 15.5. The monoisotopic (exact) mass is 420 g/mol. The zero-order valence-electron chi connectivity index (χ0n) is 12.7. The number of halogens is 3. The number of hydrogen-bond donors (Lipinski definition) is 1. The lowest BCUT2D eigenvalue weighted by molar-refractivity contribution is 0.0532. The third-order valence-corrected chi connectivity index (χ3v) is 4.42. The van der Waals surface area contributed by atoms with Crippen molar-refractivity contribution >= 4 is 45.1 Å². The van der Waals surface area contributed by atoms with Crippen LogP contribution in [0.3, 0.4) is 0 Å². The molecule has 1 N–H and O–H groups in total. The summed E-state index contributed by atoms with van der Waals surface area (Å²) in [6, 6.07) is 5.07. The lowest BCUT2D eigenvalue weighted by Crippen LogP contribution is -2.22. The highest BCUT2D eigenvalue weighted by molar-refractivity contribution is 9.10. The van der Waals surface area contributed by atoms with E-state index in [1.807, 2.05) is 0 Å². The molecule has 0 amide bonds. The van der Waals surface area contributed by atoms with E-state index in [9.17, 15) is 9.90 Å². The van der Waals surface area contributed by atoms with E-state index in [1.165, 1.54) is 7.11 Å². The Morgan fingerprint density at radius 1 is 1.43 bits per heavy atom. The second-order valence-electron chi connectivity index (χ2n) is 5.45. The Morgan fingerprint density at radius 2 is 2.09 bits per heavy atom. The molecule has 0 saturated carbocycles. The molecule has 0 bridgehead atoms. The second kappa shape index (κ2) is 6.81. The maximum Gasteiger partial charge on any atom is 0.356 e. The number of benzene rings is 1. The van der Waals surface area contributed by atoms with Crippen LogP contribution in [0.25, 0.3) is 0 Å². The van der Waals surface area contributed by atoms with Gasteiger partial charge in [0.2, 0.25) is 0 Å². The fourth-order valence-electron chi connectivity index (χ4n) is 2.13. The highest BCUT2D eigenvalue weighted by atomic mass is 79.9. The summed E-state index contributed by atoms with van der Waals surface area (Å²) in [5, 5.41) is 11.3. The largest absolute Gasteiger partial charge is 0.464 e. The Labute approximate surface area is 152 Å². The average Bonchev–Trinajstić information content (AvgIpc) is 2.79. The highest BCUT2D eigenvalue weighted by Gasteiger charge is 2.32. The van der Waals surface area contributed by atoms with Gasteiger partial charge in [-0.2, -0.15) is 0 Å². The van der Waals surface area contributed by atoms with Crippen LogP contribution in [-0.2, 0) is 16.9 Å². The summed E-state index contributed by atoms with van der Waals surface area (Å²) in [6.45, 7) is 3.34. The zero-order chi connectivity index (χ0) is 17.4. The fraction of sp³-hybridized carbons (Fsp3) is 0.333. The summed E-state index contributed by atoms with van der Waals surface area (Å²) in [6.07, 6.45) is 0. The van der Waals surface area contributed by atoms with E-state index in [0.29, 0.717) is 20.3 Å². The molecular formula is C15H15BrCl2N2O3. The van der Waals surface area contributed by atoms with E-state index in [4.69, 9.17) is 27.9 Å². The van der Waals surface area contributed by atoms with Crippen molar-refractivity contribution in [3.05, 3.63) is 49.9 Å². The molecule has 0 spiro atoms. The Morgan fingerprint density at radius 3 is 2.65 bits per heavy atom. The molecule has 23 heavy (non-hydrogen) atoms. The minimum absolute atomic E-state index is 0.155. The zero-order valence-corrected chi connectivity index (χ0v) is 15.8. The predicted octanol–water partition coefficient (Wildman–Crippen LogP) is 4.01. The maximum absolute atomic E-state index is 12.2. The van der Waals surface area contributed by atoms with Gasteiger partial charge in [0.05, 0.1) is 13.7 Å². The minimum atomic E-state index is -1.31. The van der Waals surface area contributed by atoms with Gasteiger partial charge >= 0.3 is 5.97 Å². The van der Waals surface area contributed by atoms with E-state index < -0.39 is 11.6 Å². The van der Waals surface area contributed by atoms with Crippen LogP contribution in [0.5, 0.6) is 0 Å². The van der Waals surface area contributed by atoms with E-state index in [2.05, 4.69) is 20.9 Å². The van der Waals surface area contributed by atoms with Crippen LogP contribution >= 0.6 is 39.1 Å². The van der Waals surface area contributed by atoms with Gasteiger partial charge in [0.25, 0.3) is 0 Å². The molecule has 0 unspecified atom stereocenters. The number of ether oxygens (including phenoxy) is 1. The van der Waals surface area contributed by atoms with Crippen LogP contribution < -0.4 is 0 Å². The number of carbonyl (C=O) groups excluding carboxylic acids is 1. The fourth-order valence-corrected chi connectivity index (χ4v) is 2.99. The first-order valence-electron chi connectivity index (χ1n) is 6.66. The molecule has 0 saturated heterocycles. The Kier molecular flexibility index (Phi) is 5.41. The molecule has 2 aromatic rings. The maximum atomic E-state index is 12.2. The smallest absolute Gasteiger partial charge is 0.356 e. The van der Waals surface area contributed by atoms with Gasteiger partial charge in [-0.05, 0) is 53.5 Å². The lowest BCUT2D eigenvalue weighted by Gasteiger charge is -2.17. The number of aliphatic hydroxyl groups is 1. The number of imidazole rings is 1. The van der Waals surface area contributed by atoms with Crippen molar-refractivity contribution in [2.24, 2.45) is 0 Å². The third kappa shape index (κ3) is 3.88. The van der Waals surface area contributed by atoms with Crippen LogP contribution in [0.15, 0.2) is 22.9 Å². The van der Waals surface area contributed by atoms with Crippen molar-refractivity contribution in [1.82, 2.24) is 9.55 Å². The van der Waals surface area contributed by atoms with Gasteiger partial charge in [-0.15, -0.1) is 0 Å². The van der Waals surface area contributed by atoms with Crippen molar-refractivity contribution in [1.29, 1.82) is 0 Å². The number of carbonyl (C=O) groups is 1. The Bertz CT molecular complexity index is 754. The molecule has 0 aliphatic rings. The first kappa shape index (κ1) is 18.3. The normalized spacial score (nSPS) is 11.6. The molecule has 0 fully saturated rings. The number of nitrogens with zero attached hydrogens (tertiary/aromatic N) is 2. The average molecular weight is 422 g/mol. The molecule has 0 radical (unpaired) electrons. The number of methoxy groups -OCH3 is 1. The van der Waals surface area contributed by atoms with Crippen molar-refractivity contribution < 1.29 is 14.6 Å². The molecule has 0 atom stereocenters. The van der Waals surface area contributed by atoms with Gasteiger partial charge in [-0.3, -0.25) is 0 Å². The molecule has 0 aliphatic heterocycles. The molecule has 124 valence electrons. The molecule has 1 aromatic heterocycles. The van der Waals surface area contributed by atoms with Gasteiger partial charge < -0.3 is 14.4 Å². The SMILES string of the molecule is COC(=O)c1c(C(C)(C)O)nc(Br)n1Cc1cc(Cl)ccc1Cl. The lowest BCUT2D eigenvalue weighted by atomic mass is 10.0. The van der Waals surface area contributed by atoms with Crippen LogP contribution in [-0.4, -0.2) is 27.7 Å². The Balaban J connectivity index is 2.60. The third-order valence-electron chi connectivity index (χ3n) is 3.22. The summed E-state index contributed by atoms with van der Waals surface area (Å²) in [4.78, 5) is 16.4. The van der Waals surface area contributed by atoms with Crippen LogP contribution in [0.4, 0.5) is 0 Å². The van der Waals surface area contributed by atoms with Crippen molar-refractivity contribution in [3.8, 4) is 0 Å². The van der Waals surface area contributed by atoms with Crippen LogP contribution in [0, 0.1) is 0 Å². The molecular weight excluding hydrogens is 407 g/mol. The summed E-state index contributed by atoms with van der Waals surface area (Å²) in [7, 11) is 1.27. The van der Waals surface area contributed by atoms with Gasteiger partial charge in [0.1, 0.15) is 11.3 Å². The quantitative estimate of drug-likeness (QED) is 0.757. The highest BCUT2D eigenvalue weighted by Crippen LogP contribution is 2.29. The number of rotatable bonds is 4. The molecule has 1 aromatic carbocycles. The van der Waals surface area contributed by atoms with Gasteiger partial charge in [-0.1, -0.05) is 23.2 Å². The van der Waals surface area contributed by atoms with Crippen LogP contribution in [0.2, 0.25) is 10.0 Å². The first-order chi connectivity index (χ1) is 10.6. The first-order valence-corrected chi connectivity index (χ1v) is 8.21. The van der Waals surface area contributed by atoms with Crippen molar-refractivity contribution in [2.45, 2.75) is 26.0 Å². The van der Waals surface area contributed by atoms with E-state index in [0.717, 1.165) is 0 Å². The predicted molar refractivity (Wildman–Crippen MR) is 92.1 cm³/mol. The summed E-state index contributed by atoms with van der Waals surface area (Å²) < 4.78 is 6.79. The number of esters is 1. The van der Waals surface area contributed by atoms with Crippen molar-refractivity contribution in [2.75, 3.05) is 7.11 Å². The van der Waals surface area contributed by atoms with Crippen LogP contribution in [0.1, 0.15) is 35.6 Å². The topological polar surface area (TPSA) is 64.3 Å². The van der Waals surface area contributed by atoms with Gasteiger partial charge in [0.15, 0.2) is 10.4 Å². The summed E-state index contributed by atoms with van der Waals surface area (Å²) in [5.41, 5.74) is -0.225. The van der Waals surface area contributed by atoms with Crippen molar-refractivity contribution in [3.63, 3.8) is 0 Å². The van der Waals surface area contributed by atoms with E-state index in [1.54, 1.807) is 36.6 Å². The molecule has 1 heterocycles. The number of hydrogen-bond acceptors (Lipinski definition) is 4. The molecule has 2 rings (SSSR count). The number of aromatic nitrogens is 2. The summed E-state index contributed by atoms with van der Waals surface area (Å²) in [5.74, 6) is -0.599. The molecule has 5 nitrogen and oxygen atoms in total. The Hall–Kier alpha value is -1.08. The standard InChI is InChI=1S/C15H15BrCl2N2O3/c1-15(2,22)12-11(13(21)23-3)20(14(16)19-12)7-8-6-9(17)4-5-10(8)18/h4-6,22H,7H2,1-3H3. The molecule has 8 heteroatoms. The van der Waals surface area contributed by atoms with Gasteiger partial charge in [-0.25, -0.2) is 9.78 Å². The van der Waals surface area contributed by atoms with E-state index >= 15 is 0 Å². The molecule has 0 aliphatic carbocycles.